The Morgan fingerprint density at radius 3 is 1.29 bits per heavy atom. The number of fused-ring (bicyclic) bond motifs is 14. The summed E-state index contributed by atoms with van der Waals surface area (Å²) in [5.41, 5.74) is 17.4. The summed E-state index contributed by atoms with van der Waals surface area (Å²) in [6.45, 7) is 13.8. The predicted molar refractivity (Wildman–Crippen MR) is 235 cm³/mol. The van der Waals surface area contributed by atoms with Crippen LogP contribution in [0.2, 0.25) is 0 Å². The van der Waals surface area contributed by atoms with E-state index in [1.165, 1.54) is 98.9 Å². The van der Waals surface area contributed by atoms with E-state index in [1.807, 2.05) is 0 Å². The lowest BCUT2D eigenvalue weighted by atomic mass is 9.31. The molecule has 6 heterocycles. The van der Waals surface area contributed by atoms with Crippen LogP contribution in [0.1, 0.15) is 52.7 Å². The van der Waals surface area contributed by atoms with Crippen LogP contribution in [-0.4, -0.2) is 22.6 Å². The fourth-order valence-electron chi connectivity index (χ4n) is 10.7. The van der Waals surface area contributed by atoms with Gasteiger partial charge in [0.1, 0.15) is 23.0 Å². The summed E-state index contributed by atoms with van der Waals surface area (Å²) in [6.07, 6.45) is 0. The van der Waals surface area contributed by atoms with Crippen LogP contribution in [-0.2, 0) is 10.8 Å². The molecule has 0 atom stereocenters. The monoisotopic (exact) mass is 720 g/mol. The fraction of sp³-hybridized carbons (Fsp3) is 0.160. The quantitative estimate of drug-likeness (QED) is 0.148. The number of para-hydroxylation sites is 4. The van der Waals surface area contributed by atoms with Gasteiger partial charge in [-0.25, -0.2) is 0 Å². The molecule has 0 aliphatic carbocycles. The van der Waals surface area contributed by atoms with Gasteiger partial charge in [0.25, 0.3) is 13.4 Å². The van der Waals surface area contributed by atoms with Gasteiger partial charge in [-0.1, -0.05) is 120 Å². The molecule has 0 unspecified atom stereocenters. The molecule has 0 N–H and O–H groups in total. The van der Waals surface area contributed by atoms with Gasteiger partial charge in [-0.15, -0.1) is 0 Å². The summed E-state index contributed by atoms with van der Waals surface area (Å²) in [5.74, 6) is 3.62. The normalized spacial score (nSPS) is 14.5. The maximum atomic E-state index is 7.15. The number of aromatic nitrogens is 2. The first-order valence-corrected chi connectivity index (χ1v) is 20.0. The van der Waals surface area contributed by atoms with Gasteiger partial charge in [0.05, 0.1) is 11.0 Å². The molecule has 4 aliphatic heterocycles. The summed E-state index contributed by atoms with van der Waals surface area (Å²) in [6, 6.07) is 45.6. The van der Waals surface area contributed by atoms with Gasteiger partial charge in [0.2, 0.25) is 0 Å². The van der Waals surface area contributed by atoms with Gasteiger partial charge in [0, 0.05) is 50.0 Å². The maximum absolute atomic E-state index is 7.15. The smallest absolute Gasteiger partial charge is 0.256 e. The Bertz CT molecular complexity index is 3080. The number of hydrogen-bond acceptors (Lipinski definition) is 2. The first-order chi connectivity index (χ1) is 27.0. The van der Waals surface area contributed by atoms with E-state index in [0.29, 0.717) is 0 Å². The van der Waals surface area contributed by atoms with E-state index in [-0.39, 0.29) is 24.3 Å². The first-order valence-electron chi connectivity index (χ1n) is 20.0. The molecule has 0 spiro atoms. The van der Waals surface area contributed by atoms with E-state index in [1.54, 1.807) is 0 Å². The van der Waals surface area contributed by atoms with Crippen LogP contribution in [0, 0.1) is 0 Å². The van der Waals surface area contributed by atoms with Crippen molar-refractivity contribution in [3.05, 3.63) is 132 Å². The zero-order chi connectivity index (χ0) is 37.6. The van der Waals surface area contributed by atoms with Gasteiger partial charge >= 0.3 is 0 Å². The number of ether oxygens (including phenoxy) is 2. The van der Waals surface area contributed by atoms with Crippen molar-refractivity contribution in [3.8, 4) is 34.4 Å². The summed E-state index contributed by atoms with van der Waals surface area (Å²) >= 11 is 0. The highest BCUT2D eigenvalue weighted by molar-refractivity contribution is 7.02. The Hall–Kier alpha value is -6.13. The first kappa shape index (κ1) is 31.1. The molecule has 0 saturated carbocycles. The minimum atomic E-state index is -0.0701. The van der Waals surface area contributed by atoms with E-state index in [4.69, 9.17) is 9.47 Å². The third-order valence-corrected chi connectivity index (χ3v) is 13.3. The lowest BCUT2D eigenvalue weighted by Gasteiger charge is -2.38. The maximum Gasteiger partial charge on any atom is 0.256 e. The molecular weight excluding hydrogens is 682 g/mol. The molecule has 266 valence electrons. The van der Waals surface area contributed by atoms with Gasteiger partial charge in [-0.3, -0.25) is 0 Å². The summed E-state index contributed by atoms with van der Waals surface area (Å²) in [7, 11) is 0. The molecule has 6 heteroatoms. The van der Waals surface area contributed by atoms with Crippen LogP contribution >= 0.6 is 0 Å². The molecule has 0 fully saturated rings. The number of benzene rings is 7. The Kier molecular flexibility index (Phi) is 5.55. The second-order valence-corrected chi connectivity index (χ2v) is 18.5. The van der Waals surface area contributed by atoms with Crippen molar-refractivity contribution in [2.75, 3.05) is 0 Å². The van der Waals surface area contributed by atoms with Gasteiger partial charge in [-0.2, -0.15) is 0 Å². The van der Waals surface area contributed by atoms with Gasteiger partial charge < -0.3 is 18.6 Å². The fourth-order valence-corrected chi connectivity index (χ4v) is 10.7. The van der Waals surface area contributed by atoms with E-state index < -0.39 is 0 Å². The van der Waals surface area contributed by atoms with Crippen molar-refractivity contribution < 1.29 is 9.47 Å². The molecule has 4 aliphatic rings. The molecule has 0 saturated heterocycles. The third-order valence-electron chi connectivity index (χ3n) is 13.3. The highest BCUT2D eigenvalue weighted by atomic mass is 16.5. The number of rotatable bonds is 0. The molecule has 13 rings (SSSR count). The van der Waals surface area contributed by atoms with Crippen LogP contribution in [0.25, 0.3) is 55.0 Å². The zero-order valence-corrected chi connectivity index (χ0v) is 32.4. The van der Waals surface area contributed by atoms with Crippen molar-refractivity contribution in [1.29, 1.82) is 0 Å². The van der Waals surface area contributed by atoms with Crippen LogP contribution in [0.3, 0.4) is 0 Å². The summed E-state index contributed by atoms with van der Waals surface area (Å²) in [5, 5.41) is 5.14. The second kappa shape index (κ2) is 9.99. The minimum absolute atomic E-state index is 0.00135. The summed E-state index contributed by atoms with van der Waals surface area (Å²) in [4.78, 5) is 0. The van der Waals surface area contributed by atoms with Crippen molar-refractivity contribution in [2.45, 2.75) is 52.4 Å². The van der Waals surface area contributed by atoms with E-state index in [2.05, 4.69) is 172 Å². The standard InChI is InChI=1S/C50H38B2N2O2/c1-49(2,3)27-21-39-45-43(23-27)55-41-26-42-36(25-35(41)51(45)33-17-11-15-31-29-13-7-9-19-37(29)53(39)47(31)33)52-34-18-12-16-32-30-14-8-10-20-38(30)54(48(32)34)40-22-28(50(4,5)6)24-44(56-42)46(40)52/h7-26H,1-6H3. The highest BCUT2D eigenvalue weighted by Crippen LogP contribution is 2.43. The van der Waals surface area contributed by atoms with Gasteiger partial charge in [0.15, 0.2) is 0 Å². The minimum Gasteiger partial charge on any atom is -0.458 e. The van der Waals surface area contributed by atoms with Gasteiger partial charge in [-0.05, 0) is 91.1 Å². The molecule has 0 radical (unpaired) electrons. The predicted octanol–water partition coefficient (Wildman–Crippen LogP) is 8.35. The van der Waals surface area contributed by atoms with Crippen LogP contribution in [0.4, 0.5) is 0 Å². The van der Waals surface area contributed by atoms with E-state index in [0.717, 1.165) is 23.0 Å². The lowest BCUT2D eigenvalue weighted by Crippen LogP contribution is -2.62. The molecule has 4 nitrogen and oxygen atoms in total. The Morgan fingerprint density at radius 2 is 0.839 bits per heavy atom. The second-order valence-electron chi connectivity index (χ2n) is 18.5. The molecule has 2 aromatic heterocycles. The topological polar surface area (TPSA) is 28.3 Å². The molecular formula is C50H38B2N2O2. The van der Waals surface area contributed by atoms with E-state index in [9.17, 15) is 0 Å². The Balaban J connectivity index is 1.13. The SMILES string of the molecule is CC(C)(C)c1cc2c3c(c1)-n1c4ccccc4c4cccc(c41)B3c1cc3c(cc1O2)Oc1cc(C(C)(C)C)cc2c1B3c1cccc3c4ccccc4n-2c13. The average Bonchev–Trinajstić information content (AvgIpc) is 3.71. The zero-order valence-electron chi connectivity index (χ0n) is 32.4. The average molecular weight is 720 g/mol. The third kappa shape index (κ3) is 3.73. The van der Waals surface area contributed by atoms with Crippen molar-refractivity contribution in [3.63, 3.8) is 0 Å². The van der Waals surface area contributed by atoms with E-state index >= 15 is 0 Å². The lowest BCUT2D eigenvalue weighted by molar-refractivity contribution is 0.462. The van der Waals surface area contributed by atoms with Crippen LogP contribution in [0.15, 0.2) is 121 Å². The number of hydrogen-bond donors (Lipinski definition) is 0. The van der Waals surface area contributed by atoms with Crippen molar-refractivity contribution in [1.82, 2.24) is 9.13 Å². The Labute approximate surface area is 326 Å². The number of nitrogens with zero attached hydrogens (tertiary/aromatic N) is 2. The van der Waals surface area contributed by atoms with Crippen molar-refractivity contribution >= 4 is 89.8 Å². The van der Waals surface area contributed by atoms with Crippen LogP contribution in [0.5, 0.6) is 23.0 Å². The van der Waals surface area contributed by atoms with Crippen LogP contribution < -0.4 is 42.3 Å². The molecule has 9 aromatic rings. The van der Waals surface area contributed by atoms with Crippen molar-refractivity contribution in [2.24, 2.45) is 0 Å². The largest absolute Gasteiger partial charge is 0.458 e. The molecule has 0 bridgehead atoms. The molecule has 56 heavy (non-hydrogen) atoms. The molecule has 0 amide bonds. The Morgan fingerprint density at radius 1 is 0.411 bits per heavy atom. The summed E-state index contributed by atoms with van der Waals surface area (Å²) < 4.78 is 19.3. The molecule has 7 aromatic carbocycles. The highest BCUT2D eigenvalue weighted by Gasteiger charge is 2.46.